The van der Waals surface area contributed by atoms with E-state index in [1.807, 2.05) is 25.1 Å². The van der Waals surface area contributed by atoms with Crippen molar-refractivity contribution in [3.8, 4) is 0 Å². The Morgan fingerprint density at radius 2 is 1.56 bits per heavy atom. The number of thiophene rings is 1. The molecule has 59 heavy (non-hydrogen) atoms. The molecule has 3 N–H and O–H groups in total. The number of hydrogen-bond acceptors (Lipinski definition) is 12. The van der Waals surface area contributed by atoms with Crippen LogP contribution < -0.4 is 16.0 Å². The van der Waals surface area contributed by atoms with Crippen LogP contribution in [-0.2, 0) is 25.7 Å². The number of rotatable bonds is 16. The Balaban J connectivity index is 0.983. The molecule has 0 spiro atoms. The lowest BCUT2D eigenvalue weighted by atomic mass is 9.94. The number of nitrogens with zero attached hydrogens (tertiary/aromatic N) is 6. The number of benzene rings is 2. The average Bonchev–Trinajstić information content (AvgIpc) is 3.64. The van der Waals surface area contributed by atoms with Crippen LogP contribution in [0.4, 0.5) is 30.6 Å². The van der Waals surface area contributed by atoms with E-state index in [0.29, 0.717) is 65.3 Å². The van der Waals surface area contributed by atoms with Gasteiger partial charge in [0.25, 0.3) is 0 Å². The lowest BCUT2D eigenvalue weighted by Crippen LogP contribution is -2.15. The summed E-state index contributed by atoms with van der Waals surface area (Å²) < 4.78 is 52.8. The monoisotopic (exact) mass is 821 g/mol. The van der Waals surface area contributed by atoms with Crippen molar-refractivity contribution in [3.63, 3.8) is 0 Å². The molecular weight excluding hydrogens is 776 g/mol. The van der Waals surface area contributed by atoms with Crippen LogP contribution in [0.2, 0.25) is 0 Å². The smallest absolute Gasteiger partial charge is 0.396 e. The van der Waals surface area contributed by atoms with Crippen molar-refractivity contribution in [2.75, 3.05) is 29.0 Å². The first-order valence-corrected chi connectivity index (χ1v) is 21.4. The molecule has 1 atom stereocenters. The first-order valence-electron chi connectivity index (χ1n) is 20.6. The van der Waals surface area contributed by atoms with Crippen LogP contribution in [0, 0.1) is 6.92 Å². The quantitative estimate of drug-likeness (QED) is 0.0802. The highest BCUT2D eigenvalue weighted by atomic mass is 32.1. The van der Waals surface area contributed by atoms with Crippen molar-refractivity contribution >= 4 is 83.1 Å². The topological polar surface area (TPSA) is 140 Å². The van der Waals surface area contributed by atoms with E-state index < -0.39 is 12.6 Å². The highest BCUT2D eigenvalue weighted by Crippen LogP contribution is 2.39. The summed E-state index contributed by atoms with van der Waals surface area (Å²) in [6, 6.07) is 14.6. The van der Waals surface area contributed by atoms with Gasteiger partial charge in [0.15, 0.2) is 22.8 Å². The second-order valence-corrected chi connectivity index (χ2v) is 16.8. The Bertz CT molecular complexity index is 2830. The van der Waals surface area contributed by atoms with Crippen LogP contribution in [0.15, 0.2) is 51.3 Å². The van der Waals surface area contributed by atoms with Gasteiger partial charge in [0.1, 0.15) is 56.7 Å². The maximum absolute atomic E-state index is 13.3. The second kappa shape index (κ2) is 15.9. The van der Waals surface area contributed by atoms with E-state index in [4.69, 9.17) is 28.8 Å². The molecule has 15 heteroatoms. The third-order valence-electron chi connectivity index (χ3n) is 10.9. The first-order chi connectivity index (χ1) is 28.5. The molecule has 0 amide bonds. The number of hydrogen-bond donors (Lipinski definition) is 3. The molecule has 1 fully saturated rings. The van der Waals surface area contributed by atoms with Crippen LogP contribution in [0.25, 0.3) is 54.4 Å². The Labute approximate surface area is 342 Å². The van der Waals surface area contributed by atoms with Crippen LogP contribution in [0.1, 0.15) is 92.3 Å². The molecule has 11 nitrogen and oxygen atoms in total. The van der Waals surface area contributed by atoms with E-state index in [-0.39, 0.29) is 11.7 Å². The third-order valence-corrected chi connectivity index (χ3v) is 11.8. The maximum Gasteiger partial charge on any atom is 0.396 e. The Morgan fingerprint density at radius 1 is 0.797 bits per heavy atom. The number of fused-ring (bicyclic) bond motifs is 7. The number of alkyl halides is 3. The minimum Gasteiger partial charge on any atom is -0.450 e. The Kier molecular flexibility index (Phi) is 10.5. The zero-order chi connectivity index (χ0) is 40.8. The summed E-state index contributed by atoms with van der Waals surface area (Å²) in [5.41, 5.74) is 6.61. The molecule has 1 saturated carbocycles. The lowest BCUT2D eigenvalue weighted by Gasteiger charge is -2.15. The van der Waals surface area contributed by atoms with E-state index in [1.165, 1.54) is 11.3 Å². The number of furan rings is 2. The van der Waals surface area contributed by atoms with Gasteiger partial charge in [0, 0.05) is 42.2 Å². The molecule has 1 aliphatic rings. The van der Waals surface area contributed by atoms with E-state index >= 15 is 0 Å². The number of aryl methyl sites for hydroxylation is 4. The minimum absolute atomic E-state index is 0.0532. The molecule has 6 heterocycles. The van der Waals surface area contributed by atoms with Crippen molar-refractivity contribution in [2.45, 2.75) is 104 Å². The molecule has 9 rings (SSSR count). The fourth-order valence-corrected chi connectivity index (χ4v) is 8.55. The highest BCUT2D eigenvalue weighted by Gasteiger charge is 2.30. The van der Waals surface area contributed by atoms with Crippen molar-refractivity contribution in [3.05, 3.63) is 75.9 Å². The average molecular weight is 822 g/mol. The molecule has 0 saturated heterocycles. The number of nitrogens with one attached hydrogen (secondary N) is 3. The molecular formula is C44H46F3N9O2S. The number of unbranched alkanes of at least 4 members (excludes halogenated alkanes) is 1. The van der Waals surface area contributed by atoms with E-state index in [9.17, 15) is 13.2 Å². The van der Waals surface area contributed by atoms with Gasteiger partial charge in [-0.25, -0.2) is 29.9 Å². The summed E-state index contributed by atoms with van der Waals surface area (Å²) in [5.74, 6) is 3.19. The molecule has 8 aromatic rings. The number of halogens is 3. The van der Waals surface area contributed by atoms with Crippen LogP contribution in [0.3, 0.4) is 0 Å². The lowest BCUT2D eigenvalue weighted by molar-refractivity contribution is -0.128. The zero-order valence-electron chi connectivity index (χ0n) is 33.5. The standard InChI is InChI=1S/C44H46F3N9O2S/c1-5-7-18-48-41-38-36(51-32(6-2)53-41)28-15-11-25(21-31(28)58-38)12-16-33-52-37-35-27(9-8-10-30(35)57-39(37)42(54-33)50-26-13-14-26)23(3)17-19-49-40-29-20-24(4)59-43(29)56-34(55-40)22-44(45,46)47/h8-11,15,20-21,23,26H,5-7,12-14,16-19,22H2,1-4H3,(H,48,51,53)(H,49,55,56)(H,50,52,54). The minimum atomic E-state index is -4.40. The van der Waals surface area contributed by atoms with Gasteiger partial charge in [-0.2, -0.15) is 13.2 Å². The number of anilines is 3. The zero-order valence-corrected chi connectivity index (χ0v) is 34.3. The van der Waals surface area contributed by atoms with Crippen LogP contribution in [-0.4, -0.2) is 55.2 Å². The summed E-state index contributed by atoms with van der Waals surface area (Å²) in [7, 11) is 0. The molecule has 2 aromatic carbocycles. The number of aromatic nitrogens is 6. The Morgan fingerprint density at radius 3 is 2.36 bits per heavy atom. The van der Waals surface area contributed by atoms with Crippen LogP contribution >= 0.6 is 11.3 Å². The van der Waals surface area contributed by atoms with Gasteiger partial charge in [-0.1, -0.05) is 45.4 Å². The Hall–Kier alpha value is -5.57. The van der Waals surface area contributed by atoms with Crippen molar-refractivity contribution in [2.24, 2.45) is 0 Å². The predicted molar refractivity (Wildman–Crippen MR) is 229 cm³/mol. The van der Waals surface area contributed by atoms with E-state index in [0.717, 1.165) is 105 Å². The molecule has 0 aliphatic heterocycles. The normalized spacial score (nSPS) is 14.0. The summed E-state index contributed by atoms with van der Waals surface area (Å²) in [4.78, 5) is 29.8. The SMILES string of the molecule is CCCCNc1nc(CC)nc2c1oc1cc(CCc3nc(NC4CC4)c4oc5cccc(C(C)CCNc6nc(CC(F)(F)F)nc7sc(C)cc67)c5c4n3)ccc12. The van der Waals surface area contributed by atoms with E-state index in [2.05, 4.69) is 71.0 Å². The van der Waals surface area contributed by atoms with Gasteiger partial charge >= 0.3 is 6.18 Å². The van der Waals surface area contributed by atoms with Gasteiger partial charge in [-0.3, -0.25) is 0 Å². The summed E-state index contributed by atoms with van der Waals surface area (Å²) in [6.07, 6.45) is 1.43. The molecule has 0 bridgehead atoms. The van der Waals surface area contributed by atoms with E-state index in [1.54, 1.807) is 0 Å². The van der Waals surface area contributed by atoms with Crippen LogP contribution in [0.5, 0.6) is 0 Å². The first kappa shape index (κ1) is 38.9. The van der Waals surface area contributed by atoms with Crippen molar-refractivity contribution in [1.82, 2.24) is 29.9 Å². The maximum atomic E-state index is 13.3. The molecule has 6 aromatic heterocycles. The molecule has 0 radical (unpaired) electrons. The van der Waals surface area contributed by atoms with Gasteiger partial charge in [0.2, 0.25) is 0 Å². The largest absolute Gasteiger partial charge is 0.450 e. The molecule has 1 aliphatic carbocycles. The third kappa shape index (κ3) is 8.21. The molecule has 1 unspecified atom stereocenters. The summed E-state index contributed by atoms with van der Waals surface area (Å²) in [5, 5.41) is 13.0. The summed E-state index contributed by atoms with van der Waals surface area (Å²) >= 11 is 1.37. The molecule has 306 valence electrons. The summed E-state index contributed by atoms with van der Waals surface area (Å²) in [6.45, 7) is 9.60. The fourth-order valence-electron chi connectivity index (χ4n) is 7.65. The second-order valence-electron chi connectivity index (χ2n) is 15.6. The van der Waals surface area contributed by atoms with Crippen molar-refractivity contribution in [1.29, 1.82) is 0 Å². The van der Waals surface area contributed by atoms with Gasteiger partial charge in [0.05, 0.1) is 10.8 Å². The highest BCUT2D eigenvalue weighted by molar-refractivity contribution is 7.18. The van der Waals surface area contributed by atoms with Gasteiger partial charge in [-0.05, 0) is 80.3 Å². The van der Waals surface area contributed by atoms with Crippen molar-refractivity contribution < 1.29 is 22.0 Å². The fraction of sp³-hybridized carbons (Fsp3) is 0.409. The van der Waals surface area contributed by atoms with Gasteiger partial charge < -0.3 is 24.8 Å². The predicted octanol–water partition coefficient (Wildman–Crippen LogP) is 11.2. The van der Waals surface area contributed by atoms with Gasteiger partial charge in [-0.15, -0.1) is 11.3 Å².